The van der Waals surface area contributed by atoms with Crippen LogP contribution in [-0.2, 0) is 0 Å². The van der Waals surface area contributed by atoms with E-state index in [4.69, 9.17) is 21.4 Å². The molecule has 3 N–H and O–H groups in total. The number of rotatable bonds is 4. The molecule has 0 spiro atoms. The zero-order valence-corrected chi connectivity index (χ0v) is 15.3. The van der Waals surface area contributed by atoms with Crippen LogP contribution in [0.1, 0.15) is 43.5 Å². The molecule has 1 aromatic heterocycles. The lowest BCUT2D eigenvalue weighted by atomic mass is 9.86. The molecule has 26 heavy (non-hydrogen) atoms. The molecule has 6 nitrogen and oxygen atoms in total. The van der Waals surface area contributed by atoms with Crippen LogP contribution in [0.3, 0.4) is 0 Å². The molecule has 0 saturated heterocycles. The van der Waals surface area contributed by atoms with Crippen LogP contribution in [0.5, 0.6) is 5.75 Å². The Labute approximate surface area is 156 Å². The molecule has 0 aliphatic carbocycles. The largest absolute Gasteiger partial charge is 0.485 e. The highest BCUT2D eigenvalue weighted by atomic mass is 35.5. The first-order valence-corrected chi connectivity index (χ1v) is 8.80. The van der Waals surface area contributed by atoms with Gasteiger partial charge in [-0.25, -0.2) is 0 Å². The number of fused-ring (bicyclic) bond motifs is 1. The van der Waals surface area contributed by atoms with Crippen LogP contribution in [0.4, 0.5) is 0 Å². The number of pyridine rings is 1. The van der Waals surface area contributed by atoms with Crippen molar-refractivity contribution in [3.63, 3.8) is 0 Å². The molecular formula is C19H22ClNO5. The number of halogens is 1. The molecule has 1 aromatic carbocycles. The van der Waals surface area contributed by atoms with Crippen molar-refractivity contribution in [3.8, 4) is 5.75 Å². The summed E-state index contributed by atoms with van der Waals surface area (Å²) in [4.78, 5) is 12.7. The summed E-state index contributed by atoms with van der Waals surface area (Å²) >= 11 is 6.11. The summed E-state index contributed by atoms with van der Waals surface area (Å²) in [6.45, 7) is 3.34. The molecule has 0 amide bonds. The summed E-state index contributed by atoms with van der Waals surface area (Å²) in [6.07, 6.45) is -0.216. The van der Waals surface area contributed by atoms with Crippen LogP contribution in [0.15, 0.2) is 41.3 Å². The van der Waals surface area contributed by atoms with E-state index in [1.807, 2.05) is 0 Å². The first-order chi connectivity index (χ1) is 12.2. The Morgan fingerprint density at radius 2 is 2.04 bits per heavy atom. The van der Waals surface area contributed by atoms with Gasteiger partial charge >= 0.3 is 0 Å². The Morgan fingerprint density at radius 1 is 1.31 bits per heavy atom. The molecule has 1 aliphatic heterocycles. The van der Waals surface area contributed by atoms with E-state index in [1.165, 1.54) is 16.8 Å². The summed E-state index contributed by atoms with van der Waals surface area (Å²) in [5.74, 6) is 0.561. The van der Waals surface area contributed by atoms with E-state index in [0.717, 1.165) is 0 Å². The SMILES string of the molecule is CC1(C)Oc2ccc(Cl)cc2[C@@H](n2ccc(C(O)CCO)cc2=O)[C@@H]1O. The Kier molecular flexibility index (Phi) is 5.12. The smallest absolute Gasteiger partial charge is 0.251 e. The topological polar surface area (TPSA) is 91.9 Å². The highest BCUT2D eigenvalue weighted by Gasteiger charge is 2.44. The molecule has 3 rings (SSSR count). The first-order valence-electron chi connectivity index (χ1n) is 8.42. The molecule has 7 heteroatoms. The predicted molar refractivity (Wildman–Crippen MR) is 97.7 cm³/mol. The van der Waals surface area contributed by atoms with Gasteiger partial charge in [-0.15, -0.1) is 0 Å². The lowest BCUT2D eigenvalue weighted by molar-refractivity contribution is -0.0643. The molecule has 0 fully saturated rings. The maximum absolute atomic E-state index is 12.7. The minimum Gasteiger partial charge on any atom is -0.485 e. The lowest BCUT2D eigenvalue weighted by Crippen LogP contribution is -2.52. The number of nitrogens with zero attached hydrogens (tertiary/aromatic N) is 1. The predicted octanol–water partition coefficient (Wildman–Crippen LogP) is 2.04. The van der Waals surface area contributed by atoms with Crippen LogP contribution < -0.4 is 10.3 Å². The van der Waals surface area contributed by atoms with Gasteiger partial charge in [0.2, 0.25) is 0 Å². The summed E-state index contributed by atoms with van der Waals surface area (Å²) in [6, 6.07) is 7.36. The van der Waals surface area contributed by atoms with Crippen molar-refractivity contribution in [2.45, 2.75) is 44.1 Å². The molecule has 0 radical (unpaired) electrons. The number of benzene rings is 1. The number of aromatic nitrogens is 1. The van der Waals surface area contributed by atoms with E-state index >= 15 is 0 Å². The average Bonchev–Trinajstić information content (AvgIpc) is 2.57. The van der Waals surface area contributed by atoms with Crippen LogP contribution >= 0.6 is 11.6 Å². The van der Waals surface area contributed by atoms with Crippen molar-refractivity contribution in [1.29, 1.82) is 0 Å². The molecule has 1 aliphatic rings. The van der Waals surface area contributed by atoms with Gasteiger partial charge < -0.3 is 24.6 Å². The maximum Gasteiger partial charge on any atom is 0.251 e. The van der Waals surface area contributed by atoms with E-state index < -0.39 is 23.9 Å². The van der Waals surface area contributed by atoms with Gasteiger partial charge in [0.15, 0.2) is 0 Å². The molecule has 2 heterocycles. The van der Waals surface area contributed by atoms with Gasteiger partial charge in [0.25, 0.3) is 5.56 Å². The third kappa shape index (κ3) is 3.38. The third-order valence-electron chi connectivity index (χ3n) is 4.73. The van der Waals surface area contributed by atoms with Crippen molar-refractivity contribution in [2.75, 3.05) is 6.61 Å². The van der Waals surface area contributed by atoms with Crippen LogP contribution in [0.2, 0.25) is 5.02 Å². The van der Waals surface area contributed by atoms with Gasteiger partial charge in [-0.2, -0.15) is 0 Å². The first kappa shape index (κ1) is 18.9. The third-order valence-corrected chi connectivity index (χ3v) is 4.97. The zero-order valence-electron chi connectivity index (χ0n) is 14.6. The van der Waals surface area contributed by atoms with E-state index in [2.05, 4.69) is 0 Å². The highest BCUT2D eigenvalue weighted by Crippen LogP contribution is 2.42. The van der Waals surface area contributed by atoms with Gasteiger partial charge in [0.1, 0.15) is 17.5 Å². The molecule has 2 aromatic rings. The minimum atomic E-state index is -0.987. The fourth-order valence-corrected chi connectivity index (χ4v) is 3.45. The fourth-order valence-electron chi connectivity index (χ4n) is 3.27. The molecule has 3 atom stereocenters. The molecule has 140 valence electrons. The van der Waals surface area contributed by atoms with Crippen LogP contribution in [0.25, 0.3) is 0 Å². The van der Waals surface area contributed by atoms with Crippen molar-refractivity contribution < 1.29 is 20.1 Å². The summed E-state index contributed by atoms with van der Waals surface area (Å²) in [5.41, 5.74) is -0.227. The summed E-state index contributed by atoms with van der Waals surface area (Å²) in [7, 11) is 0. The summed E-state index contributed by atoms with van der Waals surface area (Å²) < 4.78 is 7.30. The van der Waals surface area contributed by atoms with Crippen LogP contribution in [0, 0.1) is 0 Å². The van der Waals surface area contributed by atoms with Gasteiger partial charge in [0.05, 0.1) is 12.1 Å². The fraction of sp³-hybridized carbons (Fsp3) is 0.421. The highest BCUT2D eigenvalue weighted by molar-refractivity contribution is 6.30. The average molecular weight is 380 g/mol. The Morgan fingerprint density at radius 3 is 2.69 bits per heavy atom. The van der Waals surface area contributed by atoms with E-state index in [1.54, 1.807) is 38.1 Å². The minimum absolute atomic E-state index is 0.148. The van der Waals surface area contributed by atoms with E-state index in [9.17, 15) is 15.0 Å². The lowest BCUT2D eigenvalue weighted by Gasteiger charge is -2.42. The van der Waals surface area contributed by atoms with Gasteiger partial charge in [-0.05, 0) is 43.7 Å². The number of hydrogen-bond acceptors (Lipinski definition) is 5. The number of aliphatic hydroxyl groups excluding tert-OH is 3. The second-order valence-corrected chi connectivity index (χ2v) is 7.45. The maximum atomic E-state index is 12.7. The van der Waals surface area contributed by atoms with Gasteiger partial charge in [-0.1, -0.05) is 11.6 Å². The van der Waals surface area contributed by atoms with Gasteiger partial charge in [0, 0.05) is 35.9 Å². The second kappa shape index (κ2) is 7.04. The van der Waals surface area contributed by atoms with Gasteiger partial charge in [-0.3, -0.25) is 4.79 Å². The number of aliphatic hydroxyl groups is 3. The van der Waals surface area contributed by atoms with E-state index in [0.29, 0.717) is 21.9 Å². The standard InChI is InChI=1S/C19H22ClNO5/c1-19(2)18(25)17(13-10-12(20)3-4-15(13)26-19)21-7-5-11(9-16(21)24)14(23)6-8-22/h3-5,7,9-10,14,17-18,22-23,25H,6,8H2,1-2H3/t14?,17-,18+/m1/s1. The number of hydrogen-bond donors (Lipinski definition) is 3. The normalized spacial score (nSPS) is 22.4. The molecule has 1 unspecified atom stereocenters. The quantitative estimate of drug-likeness (QED) is 0.756. The monoisotopic (exact) mass is 379 g/mol. The molecule has 0 saturated carbocycles. The molecular weight excluding hydrogens is 358 g/mol. The van der Waals surface area contributed by atoms with Crippen molar-refractivity contribution >= 4 is 11.6 Å². The van der Waals surface area contributed by atoms with Crippen molar-refractivity contribution in [3.05, 3.63) is 63.0 Å². The second-order valence-electron chi connectivity index (χ2n) is 7.01. The number of ether oxygens (including phenoxy) is 1. The van der Waals surface area contributed by atoms with Crippen molar-refractivity contribution in [1.82, 2.24) is 4.57 Å². The Balaban J connectivity index is 2.10. The Bertz CT molecular complexity index is 863. The summed E-state index contributed by atoms with van der Waals surface area (Å²) in [5, 5.41) is 30.3. The zero-order chi connectivity index (χ0) is 19.1. The van der Waals surface area contributed by atoms with Crippen molar-refractivity contribution in [2.24, 2.45) is 0 Å². The van der Waals surface area contributed by atoms with Crippen LogP contribution in [-0.4, -0.2) is 38.2 Å². The van der Waals surface area contributed by atoms with E-state index in [-0.39, 0.29) is 18.6 Å². The Hall–Kier alpha value is -1.86. The molecule has 0 bridgehead atoms.